The molecule has 1 saturated heterocycles. The zero-order valence-corrected chi connectivity index (χ0v) is 15.3. The van der Waals surface area contributed by atoms with Crippen molar-refractivity contribution in [2.24, 2.45) is 0 Å². The predicted molar refractivity (Wildman–Crippen MR) is 90.9 cm³/mol. The smallest absolute Gasteiger partial charge is 0.416 e. The molecule has 2 N–H and O–H groups in total. The number of ether oxygens (including phenoxy) is 1. The number of esters is 1. The molecule has 0 radical (unpaired) electrons. The van der Waals surface area contributed by atoms with Gasteiger partial charge in [-0.2, -0.15) is 13.2 Å². The van der Waals surface area contributed by atoms with Crippen LogP contribution in [0, 0.1) is 0 Å². The van der Waals surface area contributed by atoms with Gasteiger partial charge in [-0.3, -0.25) is 9.59 Å². The fourth-order valence-corrected chi connectivity index (χ4v) is 3.08. The predicted octanol–water partition coefficient (Wildman–Crippen LogP) is 0.887. The number of hydrogen-bond acceptors (Lipinski definition) is 5. The van der Waals surface area contributed by atoms with Gasteiger partial charge in [0.25, 0.3) is 0 Å². The molecule has 10 heteroatoms. The van der Waals surface area contributed by atoms with Gasteiger partial charge in [0.15, 0.2) is 0 Å². The Labute approximate surface area is 159 Å². The number of likely N-dealkylation sites (tertiary alicyclic amines) is 1. The highest BCUT2D eigenvalue weighted by molar-refractivity contribution is 5.91. The van der Waals surface area contributed by atoms with Gasteiger partial charge in [-0.15, -0.1) is 0 Å². The number of carbonyl (C=O) groups excluding carboxylic acids is 3. The van der Waals surface area contributed by atoms with Gasteiger partial charge in [0, 0.05) is 26.3 Å². The number of alkyl halides is 3. The van der Waals surface area contributed by atoms with E-state index in [0.717, 1.165) is 19.2 Å². The molecule has 1 heterocycles. The van der Waals surface area contributed by atoms with Crippen molar-refractivity contribution in [3.63, 3.8) is 0 Å². The lowest BCUT2D eigenvalue weighted by Gasteiger charge is -2.24. The van der Waals surface area contributed by atoms with Gasteiger partial charge in [0.1, 0.15) is 12.1 Å². The van der Waals surface area contributed by atoms with Crippen LogP contribution in [0.5, 0.6) is 0 Å². The second-order valence-electron chi connectivity index (χ2n) is 6.56. The van der Waals surface area contributed by atoms with Crippen molar-refractivity contribution in [3.8, 4) is 0 Å². The molecule has 0 aliphatic carbocycles. The lowest BCUT2D eigenvalue weighted by atomic mass is 10.0. The number of amides is 2. The van der Waals surface area contributed by atoms with Crippen LogP contribution in [0.3, 0.4) is 0 Å². The summed E-state index contributed by atoms with van der Waals surface area (Å²) in [5, 5.41) is 12.2. The van der Waals surface area contributed by atoms with Crippen molar-refractivity contribution in [1.29, 1.82) is 0 Å². The number of benzene rings is 1. The van der Waals surface area contributed by atoms with E-state index in [4.69, 9.17) is 0 Å². The van der Waals surface area contributed by atoms with E-state index in [9.17, 15) is 32.7 Å². The second kappa shape index (κ2) is 8.59. The van der Waals surface area contributed by atoms with Crippen LogP contribution in [0.25, 0.3) is 0 Å². The molecule has 2 rings (SSSR count). The van der Waals surface area contributed by atoms with Crippen LogP contribution in [0.1, 0.15) is 24.5 Å². The lowest BCUT2D eigenvalue weighted by Crippen LogP contribution is -2.51. The average Bonchev–Trinajstić information content (AvgIpc) is 3.02. The third-order valence-corrected chi connectivity index (χ3v) is 4.51. The van der Waals surface area contributed by atoms with Gasteiger partial charge in [0.05, 0.1) is 18.8 Å². The minimum Gasteiger partial charge on any atom is -0.467 e. The quantitative estimate of drug-likeness (QED) is 0.714. The highest BCUT2D eigenvalue weighted by atomic mass is 19.4. The van der Waals surface area contributed by atoms with Crippen molar-refractivity contribution in [2.75, 3.05) is 13.7 Å². The topological polar surface area (TPSA) is 95.9 Å². The molecule has 1 aliphatic rings. The highest BCUT2D eigenvalue weighted by Crippen LogP contribution is 2.29. The van der Waals surface area contributed by atoms with Crippen LogP contribution in [0.4, 0.5) is 13.2 Å². The van der Waals surface area contributed by atoms with Crippen molar-refractivity contribution in [1.82, 2.24) is 10.2 Å². The Balaban J connectivity index is 2.12. The number of nitrogens with zero attached hydrogens (tertiary/aromatic N) is 1. The largest absolute Gasteiger partial charge is 0.467 e. The third kappa shape index (κ3) is 5.22. The fourth-order valence-electron chi connectivity index (χ4n) is 3.08. The van der Waals surface area contributed by atoms with Gasteiger partial charge < -0.3 is 20.1 Å². The first-order chi connectivity index (χ1) is 13.0. The zero-order valence-electron chi connectivity index (χ0n) is 15.3. The average molecular weight is 402 g/mol. The number of carbonyl (C=O) groups is 3. The fraction of sp³-hybridized carbons (Fsp3) is 0.500. The number of rotatable bonds is 5. The minimum absolute atomic E-state index is 0.00914. The summed E-state index contributed by atoms with van der Waals surface area (Å²) >= 11 is 0. The number of β-amino-alcohol motifs (C(OH)–C–C–N with tert-alkyl or cyclic N) is 1. The molecular weight excluding hydrogens is 381 g/mol. The van der Waals surface area contributed by atoms with E-state index < -0.39 is 47.7 Å². The first-order valence-corrected chi connectivity index (χ1v) is 8.52. The Morgan fingerprint density at radius 1 is 1.29 bits per heavy atom. The van der Waals surface area contributed by atoms with Crippen molar-refractivity contribution in [3.05, 3.63) is 35.4 Å². The van der Waals surface area contributed by atoms with Crippen molar-refractivity contribution in [2.45, 2.75) is 44.1 Å². The molecular formula is C18H21F3N2O5. The van der Waals surface area contributed by atoms with Gasteiger partial charge in [-0.25, -0.2) is 4.79 Å². The molecule has 7 nitrogen and oxygen atoms in total. The van der Waals surface area contributed by atoms with Crippen LogP contribution in [-0.4, -0.2) is 59.6 Å². The first-order valence-electron chi connectivity index (χ1n) is 8.52. The maximum Gasteiger partial charge on any atom is 0.416 e. The summed E-state index contributed by atoms with van der Waals surface area (Å²) in [6.45, 7) is 1.27. The van der Waals surface area contributed by atoms with Crippen LogP contribution < -0.4 is 5.32 Å². The van der Waals surface area contributed by atoms with Gasteiger partial charge in [-0.1, -0.05) is 12.1 Å². The molecule has 1 aromatic rings. The molecule has 1 aromatic carbocycles. The Morgan fingerprint density at radius 3 is 2.39 bits per heavy atom. The lowest BCUT2D eigenvalue weighted by molar-refractivity contribution is -0.146. The molecule has 2 amide bonds. The molecule has 1 aliphatic heterocycles. The molecule has 1 fully saturated rings. The highest BCUT2D eigenvalue weighted by Gasteiger charge is 2.39. The summed E-state index contributed by atoms with van der Waals surface area (Å²) in [5.41, 5.74) is -0.439. The summed E-state index contributed by atoms with van der Waals surface area (Å²) in [6.07, 6.45) is -5.40. The molecule has 0 saturated carbocycles. The number of aliphatic hydroxyl groups excluding tert-OH is 1. The summed E-state index contributed by atoms with van der Waals surface area (Å²) in [4.78, 5) is 37.4. The maximum absolute atomic E-state index is 12.7. The van der Waals surface area contributed by atoms with E-state index in [1.807, 2.05) is 0 Å². The third-order valence-electron chi connectivity index (χ3n) is 4.51. The number of methoxy groups -OCH3 is 1. The van der Waals surface area contributed by atoms with Crippen molar-refractivity contribution >= 4 is 17.8 Å². The van der Waals surface area contributed by atoms with Crippen molar-refractivity contribution < 1.29 is 37.4 Å². The van der Waals surface area contributed by atoms with Gasteiger partial charge in [0.2, 0.25) is 11.8 Å². The minimum atomic E-state index is -4.48. The normalized spacial score (nSPS) is 20.6. The maximum atomic E-state index is 12.7. The first kappa shape index (κ1) is 21.7. The summed E-state index contributed by atoms with van der Waals surface area (Å²) < 4.78 is 42.6. The number of halogens is 3. The molecule has 0 spiro atoms. The Kier molecular flexibility index (Phi) is 6.65. The van der Waals surface area contributed by atoms with Gasteiger partial charge in [-0.05, 0) is 17.7 Å². The van der Waals surface area contributed by atoms with E-state index in [2.05, 4.69) is 10.1 Å². The summed E-state index contributed by atoms with van der Waals surface area (Å²) in [6, 6.07) is 2.11. The Bertz CT molecular complexity index is 736. The van der Waals surface area contributed by atoms with E-state index in [1.54, 1.807) is 0 Å². The Morgan fingerprint density at radius 2 is 1.89 bits per heavy atom. The molecule has 28 heavy (non-hydrogen) atoms. The van der Waals surface area contributed by atoms with E-state index >= 15 is 0 Å². The van der Waals surface area contributed by atoms with Crippen LogP contribution in [0.2, 0.25) is 0 Å². The SMILES string of the molecule is COC(=O)[C@H](Cc1ccc(C(F)(F)F)cc1)NC(=O)[C@@H]1C[C@@H](O)CN1C(C)=O. The molecule has 3 atom stereocenters. The monoisotopic (exact) mass is 402 g/mol. The van der Waals surface area contributed by atoms with E-state index in [0.29, 0.717) is 5.56 Å². The molecule has 0 bridgehead atoms. The number of nitrogens with one attached hydrogen (secondary N) is 1. The van der Waals surface area contributed by atoms with Gasteiger partial charge >= 0.3 is 12.1 Å². The van der Waals surface area contributed by atoms with E-state index in [1.165, 1.54) is 24.0 Å². The summed E-state index contributed by atoms with van der Waals surface area (Å²) in [7, 11) is 1.12. The van der Waals surface area contributed by atoms with Crippen LogP contribution >= 0.6 is 0 Å². The zero-order chi connectivity index (χ0) is 21.1. The summed E-state index contributed by atoms with van der Waals surface area (Å²) in [5.74, 6) is -1.82. The second-order valence-corrected chi connectivity index (χ2v) is 6.56. The molecule has 0 aromatic heterocycles. The number of hydrogen-bond donors (Lipinski definition) is 2. The van der Waals surface area contributed by atoms with Crippen LogP contribution in [0.15, 0.2) is 24.3 Å². The standard InChI is InChI=1S/C18H21F3N2O5/c1-10(24)23-9-13(25)8-15(23)16(26)22-14(17(27)28-2)7-11-3-5-12(6-4-11)18(19,20)21/h3-6,13-15,25H,7-9H2,1-2H3,(H,22,26)/t13-,14+,15+/m1/s1. The van der Waals surface area contributed by atoms with E-state index in [-0.39, 0.29) is 19.4 Å². The number of aliphatic hydroxyl groups is 1. The molecule has 154 valence electrons. The molecule has 0 unspecified atom stereocenters. The van der Waals surface area contributed by atoms with Crippen LogP contribution in [-0.2, 0) is 31.7 Å². The Hall–Kier alpha value is -2.62.